The van der Waals surface area contributed by atoms with Gasteiger partial charge in [-0.3, -0.25) is 14.9 Å². The Morgan fingerprint density at radius 2 is 1.87 bits per heavy atom. The molecule has 0 radical (unpaired) electrons. The highest BCUT2D eigenvalue weighted by Crippen LogP contribution is 2.22. The number of amides is 1. The van der Waals surface area contributed by atoms with Crippen LogP contribution in [-0.4, -0.2) is 42.7 Å². The van der Waals surface area contributed by atoms with Gasteiger partial charge in [-0.25, -0.2) is 8.42 Å². The molecule has 0 atom stereocenters. The first-order valence-electron chi connectivity index (χ1n) is 7.38. The molecule has 1 saturated heterocycles. The van der Waals surface area contributed by atoms with Crippen LogP contribution < -0.4 is 5.32 Å². The fraction of sp³-hybridized carbons (Fsp3) is 0.500. The summed E-state index contributed by atoms with van der Waals surface area (Å²) >= 11 is 0. The second kappa shape index (κ2) is 7.05. The Kier molecular flexibility index (Phi) is 5.32. The standard InChI is InChI=1S/C14H19N3O5S/c1-2-14(18)15-11-7-9-16(10-8-11)23(21,22)13-5-3-12(4-6-13)17(19)20/h3-6,11H,2,7-10H2,1H3,(H,15,18). The van der Waals surface area contributed by atoms with E-state index in [4.69, 9.17) is 0 Å². The molecule has 0 saturated carbocycles. The fourth-order valence-corrected chi connectivity index (χ4v) is 3.93. The zero-order valence-corrected chi connectivity index (χ0v) is 13.6. The molecule has 0 spiro atoms. The first-order valence-corrected chi connectivity index (χ1v) is 8.82. The van der Waals surface area contributed by atoms with Crippen LogP contribution in [0, 0.1) is 10.1 Å². The summed E-state index contributed by atoms with van der Waals surface area (Å²) in [7, 11) is -3.66. The number of piperidine rings is 1. The van der Waals surface area contributed by atoms with E-state index in [9.17, 15) is 23.3 Å². The van der Waals surface area contributed by atoms with Gasteiger partial charge in [0.25, 0.3) is 5.69 Å². The normalized spacial score (nSPS) is 16.9. The molecule has 0 aromatic heterocycles. The minimum absolute atomic E-state index is 0.00855. The van der Waals surface area contributed by atoms with Crippen LogP contribution >= 0.6 is 0 Å². The lowest BCUT2D eigenvalue weighted by atomic mass is 10.1. The van der Waals surface area contributed by atoms with Crippen LogP contribution in [0.5, 0.6) is 0 Å². The maximum Gasteiger partial charge on any atom is 0.269 e. The number of nitrogens with one attached hydrogen (secondary N) is 1. The number of carbonyl (C=O) groups excluding carboxylic acids is 1. The summed E-state index contributed by atoms with van der Waals surface area (Å²) < 4.78 is 26.4. The van der Waals surface area contributed by atoms with Gasteiger partial charge in [0.15, 0.2) is 0 Å². The van der Waals surface area contributed by atoms with Gasteiger partial charge in [-0.15, -0.1) is 0 Å². The highest BCUT2D eigenvalue weighted by atomic mass is 32.2. The Bertz CT molecular complexity index is 679. The minimum atomic E-state index is -3.66. The van der Waals surface area contributed by atoms with Crippen LogP contribution in [0.3, 0.4) is 0 Å². The highest BCUT2D eigenvalue weighted by molar-refractivity contribution is 7.89. The van der Waals surface area contributed by atoms with Crippen molar-refractivity contribution in [3.63, 3.8) is 0 Å². The van der Waals surface area contributed by atoms with E-state index in [2.05, 4.69) is 5.32 Å². The topological polar surface area (TPSA) is 110 Å². The van der Waals surface area contributed by atoms with Gasteiger partial charge in [0.05, 0.1) is 9.82 Å². The summed E-state index contributed by atoms with van der Waals surface area (Å²) in [6, 6.07) is 4.85. The monoisotopic (exact) mass is 341 g/mol. The number of rotatable bonds is 5. The Morgan fingerprint density at radius 3 is 2.35 bits per heavy atom. The average Bonchev–Trinajstić information content (AvgIpc) is 2.55. The van der Waals surface area contributed by atoms with Crippen LogP contribution in [-0.2, 0) is 14.8 Å². The van der Waals surface area contributed by atoms with Gasteiger partial charge in [0.1, 0.15) is 0 Å². The van der Waals surface area contributed by atoms with Crippen molar-refractivity contribution < 1.29 is 18.1 Å². The predicted octanol–water partition coefficient (Wildman–Crippen LogP) is 1.27. The lowest BCUT2D eigenvalue weighted by molar-refractivity contribution is -0.384. The van der Waals surface area contributed by atoms with Crippen molar-refractivity contribution in [1.82, 2.24) is 9.62 Å². The zero-order valence-electron chi connectivity index (χ0n) is 12.8. The van der Waals surface area contributed by atoms with Crippen molar-refractivity contribution in [2.75, 3.05) is 13.1 Å². The molecule has 0 unspecified atom stereocenters. The maximum absolute atomic E-state index is 12.5. The van der Waals surface area contributed by atoms with Gasteiger partial charge in [-0.1, -0.05) is 6.92 Å². The highest BCUT2D eigenvalue weighted by Gasteiger charge is 2.30. The number of non-ortho nitro benzene ring substituents is 1. The molecule has 8 nitrogen and oxygen atoms in total. The summed E-state index contributed by atoms with van der Waals surface area (Å²) in [5.41, 5.74) is -0.148. The van der Waals surface area contributed by atoms with Crippen LogP contribution in [0.25, 0.3) is 0 Å². The molecule has 126 valence electrons. The molecular formula is C14H19N3O5S. The van der Waals surface area contributed by atoms with E-state index in [0.29, 0.717) is 32.4 Å². The molecule has 2 rings (SSSR count). The Hall–Kier alpha value is -2.00. The second-order valence-corrected chi connectivity index (χ2v) is 7.29. The summed E-state index contributed by atoms with van der Waals surface area (Å²) in [4.78, 5) is 21.5. The van der Waals surface area contributed by atoms with Crippen molar-refractivity contribution >= 4 is 21.6 Å². The molecule has 23 heavy (non-hydrogen) atoms. The summed E-state index contributed by atoms with van der Waals surface area (Å²) in [5, 5.41) is 13.5. The van der Waals surface area contributed by atoms with Crippen LogP contribution in [0.4, 0.5) is 5.69 Å². The lowest BCUT2D eigenvalue weighted by Crippen LogP contribution is -2.46. The van der Waals surface area contributed by atoms with Gasteiger partial charge in [0.2, 0.25) is 15.9 Å². The Labute approximate surface area is 134 Å². The van der Waals surface area contributed by atoms with Crippen molar-refractivity contribution in [1.29, 1.82) is 0 Å². The van der Waals surface area contributed by atoms with E-state index in [1.165, 1.54) is 28.6 Å². The van der Waals surface area contributed by atoms with E-state index in [0.717, 1.165) is 0 Å². The first-order chi connectivity index (χ1) is 10.8. The summed E-state index contributed by atoms with van der Waals surface area (Å²) in [6.07, 6.45) is 1.51. The number of hydrogen-bond acceptors (Lipinski definition) is 5. The number of carbonyl (C=O) groups is 1. The molecule has 0 aliphatic carbocycles. The van der Waals surface area contributed by atoms with Crippen molar-refractivity contribution in [3.05, 3.63) is 34.4 Å². The quantitative estimate of drug-likeness (QED) is 0.641. The predicted molar refractivity (Wildman–Crippen MR) is 83.3 cm³/mol. The van der Waals surface area contributed by atoms with E-state index >= 15 is 0 Å². The molecule has 1 N–H and O–H groups in total. The number of nitro groups is 1. The fourth-order valence-electron chi connectivity index (χ4n) is 2.46. The largest absolute Gasteiger partial charge is 0.353 e. The van der Waals surface area contributed by atoms with Gasteiger partial charge < -0.3 is 5.32 Å². The third kappa shape index (κ3) is 4.05. The van der Waals surface area contributed by atoms with Crippen LogP contribution in [0.15, 0.2) is 29.2 Å². The maximum atomic E-state index is 12.5. The molecular weight excluding hydrogens is 322 g/mol. The number of sulfonamides is 1. The van der Waals surface area contributed by atoms with E-state index in [1.807, 2.05) is 0 Å². The smallest absolute Gasteiger partial charge is 0.269 e. The van der Waals surface area contributed by atoms with Crippen molar-refractivity contribution in [2.45, 2.75) is 37.1 Å². The van der Waals surface area contributed by atoms with Crippen molar-refractivity contribution in [2.24, 2.45) is 0 Å². The SMILES string of the molecule is CCC(=O)NC1CCN(S(=O)(=O)c2ccc([N+](=O)[O-])cc2)CC1. The second-order valence-electron chi connectivity index (χ2n) is 5.35. The Morgan fingerprint density at radius 1 is 1.30 bits per heavy atom. The molecule has 1 aromatic rings. The van der Waals surface area contributed by atoms with Crippen LogP contribution in [0.1, 0.15) is 26.2 Å². The van der Waals surface area contributed by atoms with E-state index in [1.54, 1.807) is 6.92 Å². The number of nitro benzene ring substituents is 1. The zero-order chi connectivity index (χ0) is 17.0. The van der Waals surface area contributed by atoms with Gasteiger partial charge in [-0.2, -0.15) is 4.31 Å². The third-order valence-corrected chi connectivity index (χ3v) is 5.74. The summed E-state index contributed by atoms with van der Waals surface area (Å²) in [5.74, 6) is -0.0401. The lowest BCUT2D eigenvalue weighted by Gasteiger charge is -2.31. The van der Waals surface area contributed by atoms with Gasteiger partial charge in [0, 0.05) is 37.7 Å². The molecule has 1 heterocycles. The average molecular weight is 341 g/mol. The van der Waals surface area contributed by atoms with Gasteiger partial charge >= 0.3 is 0 Å². The van der Waals surface area contributed by atoms with E-state index in [-0.39, 0.29) is 22.5 Å². The van der Waals surface area contributed by atoms with Crippen LogP contribution in [0.2, 0.25) is 0 Å². The number of benzene rings is 1. The molecule has 1 aliphatic heterocycles. The molecule has 9 heteroatoms. The Balaban J connectivity index is 2.04. The molecule has 1 aromatic carbocycles. The number of hydrogen-bond donors (Lipinski definition) is 1. The first kappa shape index (κ1) is 17.4. The molecule has 1 amide bonds. The molecule has 1 aliphatic rings. The molecule has 1 fully saturated rings. The van der Waals surface area contributed by atoms with Gasteiger partial charge in [-0.05, 0) is 25.0 Å². The van der Waals surface area contributed by atoms with E-state index < -0.39 is 14.9 Å². The summed E-state index contributed by atoms with van der Waals surface area (Å²) in [6.45, 7) is 2.39. The third-order valence-electron chi connectivity index (χ3n) is 3.83. The van der Waals surface area contributed by atoms with Crippen molar-refractivity contribution in [3.8, 4) is 0 Å². The number of nitrogens with zero attached hydrogens (tertiary/aromatic N) is 2. The molecule has 0 bridgehead atoms. The minimum Gasteiger partial charge on any atom is -0.353 e.